The van der Waals surface area contributed by atoms with Gasteiger partial charge in [0.2, 0.25) is 10.0 Å². The van der Waals surface area contributed by atoms with Gasteiger partial charge in [0.15, 0.2) is 0 Å². The van der Waals surface area contributed by atoms with Crippen LogP contribution in [0.3, 0.4) is 0 Å². The van der Waals surface area contributed by atoms with Gasteiger partial charge < -0.3 is 15.4 Å². The molecular weight excluding hydrogens is 290 g/mol. The SMILES string of the molecule is COc1cc(N)ccc1S(=O)(=O)N(C)C1CCCN(C)C1. The van der Waals surface area contributed by atoms with Gasteiger partial charge in [-0.15, -0.1) is 0 Å². The van der Waals surface area contributed by atoms with Gasteiger partial charge >= 0.3 is 0 Å². The summed E-state index contributed by atoms with van der Waals surface area (Å²) < 4.78 is 32.3. The molecule has 1 heterocycles. The minimum Gasteiger partial charge on any atom is -0.495 e. The summed E-state index contributed by atoms with van der Waals surface area (Å²) in [4.78, 5) is 2.32. The molecule has 2 rings (SSSR count). The van der Waals surface area contributed by atoms with Crippen LogP contribution < -0.4 is 10.5 Å². The Morgan fingerprint density at radius 2 is 2.14 bits per heavy atom. The number of anilines is 1. The summed E-state index contributed by atoms with van der Waals surface area (Å²) in [6, 6.07) is 4.60. The number of nitrogens with two attached hydrogens (primary N) is 1. The predicted molar refractivity (Wildman–Crippen MR) is 82.9 cm³/mol. The van der Waals surface area contributed by atoms with E-state index in [1.54, 1.807) is 13.1 Å². The molecule has 0 bridgehead atoms. The second kappa shape index (κ2) is 6.21. The number of nitrogen functional groups attached to an aromatic ring is 1. The maximum Gasteiger partial charge on any atom is 0.246 e. The maximum absolute atomic E-state index is 12.8. The lowest BCUT2D eigenvalue weighted by atomic mass is 10.1. The van der Waals surface area contributed by atoms with Crippen molar-refractivity contribution in [1.29, 1.82) is 0 Å². The highest BCUT2D eigenvalue weighted by molar-refractivity contribution is 7.89. The van der Waals surface area contributed by atoms with Crippen LogP contribution in [0.25, 0.3) is 0 Å². The topological polar surface area (TPSA) is 75.9 Å². The normalized spacial score (nSPS) is 20.7. The second-order valence-electron chi connectivity index (χ2n) is 5.49. The number of hydrogen-bond donors (Lipinski definition) is 1. The molecule has 0 radical (unpaired) electrons. The highest BCUT2D eigenvalue weighted by Crippen LogP contribution is 2.30. The first kappa shape index (κ1) is 16.1. The Morgan fingerprint density at radius 3 is 2.76 bits per heavy atom. The van der Waals surface area contributed by atoms with Gasteiger partial charge in [0.05, 0.1) is 7.11 Å². The molecule has 1 aromatic rings. The molecule has 1 aliphatic heterocycles. The average molecular weight is 313 g/mol. The van der Waals surface area contributed by atoms with Gasteiger partial charge in [0.25, 0.3) is 0 Å². The minimum atomic E-state index is -3.60. The molecule has 0 saturated carbocycles. The highest BCUT2D eigenvalue weighted by atomic mass is 32.2. The Balaban J connectivity index is 2.33. The zero-order valence-corrected chi connectivity index (χ0v) is 13.6. The first-order chi connectivity index (χ1) is 9.86. The Hall–Kier alpha value is -1.31. The third-order valence-corrected chi connectivity index (χ3v) is 5.91. The Kier molecular flexibility index (Phi) is 4.75. The predicted octanol–water partition coefficient (Wildman–Crippen LogP) is 0.992. The smallest absolute Gasteiger partial charge is 0.246 e. The van der Waals surface area contributed by atoms with Crippen LogP contribution in [0, 0.1) is 0 Å². The Labute approximate surface area is 126 Å². The van der Waals surface area contributed by atoms with Crippen LogP contribution in [0.4, 0.5) is 5.69 Å². The fraction of sp³-hybridized carbons (Fsp3) is 0.571. The van der Waals surface area contributed by atoms with Crippen LogP contribution in [0.15, 0.2) is 23.1 Å². The number of benzene rings is 1. The van der Waals surface area contributed by atoms with Gasteiger partial charge in [-0.3, -0.25) is 0 Å². The fourth-order valence-electron chi connectivity index (χ4n) is 2.68. The zero-order valence-electron chi connectivity index (χ0n) is 12.7. The Morgan fingerprint density at radius 1 is 1.43 bits per heavy atom. The quantitative estimate of drug-likeness (QED) is 0.839. The lowest BCUT2D eigenvalue weighted by Gasteiger charge is -2.35. The molecule has 21 heavy (non-hydrogen) atoms. The van der Waals surface area contributed by atoms with Crippen LogP contribution in [0.1, 0.15) is 12.8 Å². The molecule has 0 aliphatic carbocycles. The van der Waals surface area contributed by atoms with Crippen molar-refractivity contribution < 1.29 is 13.2 Å². The van der Waals surface area contributed by atoms with E-state index in [1.165, 1.54) is 23.5 Å². The van der Waals surface area contributed by atoms with E-state index < -0.39 is 10.0 Å². The van der Waals surface area contributed by atoms with E-state index in [0.29, 0.717) is 5.69 Å². The van der Waals surface area contributed by atoms with Gasteiger partial charge in [0.1, 0.15) is 10.6 Å². The minimum absolute atomic E-state index is 0.0176. The van der Waals surface area contributed by atoms with Crippen molar-refractivity contribution in [3.63, 3.8) is 0 Å². The molecule has 1 aliphatic rings. The molecule has 7 heteroatoms. The van der Waals surface area contributed by atoms with E-state index >= 15 is 0 Å². The molecule has 2 N–H and O–H groups in total. The van der Waals surface area contributed by atoms with E-state index in [4.69, 9.17) is 10.5 Å². The summed E-state index contributed by atoms with van der Waals surface area (Å²) >= 11 is 0. The lowest BCUT2D eigenvalue weighted by Crippen LogP contribution is -2.47. The van der Waals surface area contributed by atoms with Gasteiger partial charge in [0, 0.05) is 31.4 Å². The first-order valence-corrected chi connectivity index (χ1v) is 8.40. The highest BCUT2D eigenvalue weighted by Gasteiger charge is 2.32. The standard InChI is InChI=1S/C14H23N3O3S/c1-16-8-4-5-12(10-16)17(2)21(18,19)14-7-6-11(15)9-13(14)20-3/h6-7,9,12H,4-5,8,10,15H2,1-3H3. The number of rotatable bonds is 4. The van der Waals surface area contributed by atoms with Crippen LogP contribution in [0.5, 0.6) is 5.75 Å². The number of sulfonamides is 1. The van der Waals surface area contributed by atoms with Crippen molar-refractivity contribution in [3.05, 3.63) is 18.2 Å². The van der Waals surface area contributed by atoms with E-state index in [2.05, 4.69) is 4.90 Å². The molecule has 0 spiro atoms. The summed E-state index contributed by atoms with van der Waals surface area (Å²) in [5.74, 6) is 0.283. The third kappa shape index (κ3) is 3.30. The largest absolute Gasteiger partial charge is 0.495 e. The van der Waals surface area contributed by atoms with E-state index in [9.17, 15) is 8.42 Å². The number of likely N-dealkylation sites (tertiary alicyclic amines) is 1. The zero-order chi connectivity index (χ0) is 15.6. The van der Waals surface area contributed by atoms with Gasteiger partial charge in [-0.25, -0.2) is 8.42 Å². The van der Waals surface area contributed by atoms with Gasteiger partial charge in [-0.05, 0) is 38.6 Å². The number of nitrogens with zero attached hydrogens (tertiary/aromatic N) is 2. The molecular formula is C14H23N3O3S. The van der Waals surface area contributed by atoms with Crippen molar-refractivity contribution in [2.45, 2.75) is 23.8 Å². The summed E-state index contributed by atoms with van der Waals surface area (Å²) in [5.41, 5.74) is 6.17. The lowest BCUT2D eigenvalue weighted by molar-refractivity contribution is 0.187. The van der Waals surface area contributed by atoms with E-state index in [-0.39, 0.29) is 16.7 Å². The number of methoxy groups -OCH3 is 1. The second-order valence-corrected chi connectivity index (χ2v) is 7.46. The molecule has 1 unspecified atom stereocenters. The molecule has 1 atom stereocenters. The van der Waals surface area contributed by atoms with E-state index in [0.717, 1.165) is 25.9 Å². The summed E-state index contributed by atoms with van der Waals surface area (Å²) in [6.07, 6.45) is 1.87. The number of ether oxygens (including phenoxy) is 1. The fourth-order valence-corrected chi connectivity index (χ4v) is 4.20. The van der Waals surface area contributed by atoms with Crippen molar-refractivity contribution >= 4 is 15.7 Å². The third-order valence-electron chi connectivity index (χ3n) is 3.96. The van der Waals surface area contributed by atoms with Crippen molar-refractivity contribution in [2.24, 2.45) is 0 Å². The van der Waals surface area contributed by atoms with Crippen LogP contribution in [-0.2, 0) is 10.0 Å². The molecule has 0 amide bonds. The first-order valence-electron chi connectivity index (χ1n) is 6.96. The molecule has 1 fully saturated rings. The Bertz CT molecular complexity index is 603. The molecule has 6 nitrogen and oxygen atoms in total. The number of piperidine rings is 1. The molecule has 1 saturated heterocycles. The van der Waals surface area contributed by atoms with Crippen LogP contribution in [0.2, 0.25) is 0 Å². The van der Waals surface area contributed by atoms with E-state index in [1.807, 2.05) is 7.05 Å². The van der Waals surface area contributed by atoms with Crippen molar-refractivity contribution in [2.75, 3.05) is 40.0 Å². The molecule has 0 aromatic heterocycles. The monoisotopic (exact) mass is 313 g/mol. The van der Waals surface area contributed by atoms with Crippen LogP contribution in [-0.4, -0.2) is 58.0 Å². The van der Waals surface area contributed by atoms with Gasteiger partial charge in [-0.1, -0.05) is 0 Å². The summed E-state index contributed by atoms with van der Waals surface area (Å²) in [7, 11) is 1.50. The van der Waals surface area contributed by atoms with Crippen LogP contribution >= 0.6 is 0 Å². The van der Waals surface area contributed by atoms with Crippen molar-refractivity contribution in [3.8, 4) is 5.75 Å². The molecule has 118 valence electrons. The number of likely N-dealkylation sites (N-methyl/N-ethyl adjacent to an activating group) is 2. The van der Waals surface area contributed by atoms with Crippen molar-refractivity contribution in [1.82, 2.24) is 9.21 Å². The average Bonchev–Trinajstić information content (AvgIpc) is 2.45. The molecule has 1 aromatic carbocycles. The summed E-state index contributed by atoms with van der Waals surface area (Å²) in [5, 5.41) is 0. The summed E-state index contributed by atoms with van der Waals surface area (Å²) in [6.45, 7) is 1.75. The van der Waals surface area contributed by atoms with Gasteiger partial charge in [-0.2, -0.15) is 4.31 Å². The maximum atomic E-state index is 12.8. The number of hydrogen-bond acceptors (Lipinski definition) is 5.